The summed E-state index contributed by atoms with van der Waals surface area (Å²) >= 11 is 2.67. The van der Waals surface area contributed by atoms with Crippen molar-refractivity contribution in [3.8, 4) is 17.2 Å². The number of carbonyl (C=O) groups is 2. The first-order chi connectivity index (χ1) is 30.3. The van der Waals surface area contributed by atoms with Gasteiger partial charge in [-0.3, -0.25) is 19.6 Å². The number of fused-ring (bicyclic) bond motifs is 2. The molecule has 0 radical (unpaired) electrons. The molecule has 10 heteroatoms. The van der Waals surface area contributed by atoms with Crippen LogP contribution in [0.3, 0.4) is 0 Å². The Morgan fingerprint density at radius 2 is 0.855 bits per heavy atom. The molecule has 0 atom stereocenters. The molecular weight excluding hydrogens is 813 g/mol. The van der Waals surface area contributed by atoms with Gasteiger partial charge in [-0.2, -0.15) is 0 Å². The molecule has 0 saturated carbocycles. The van der Waals surface area contributed by atoms with E-state index in [1.54, 1.807) is 24.4 Å². The van der Waals surface area contributed by atoms with Crippen molar-refractivity contribution in [1.82, 2.24) is 9.97 Å². The van der Waals surface area contributed by atoms with E-state index in [-0.39, 0.29) is 39.2 Å². The minimum absolute atomic E-state index is 0.0446. The lowest BCUT2D eigenvalue weighted by atomic mass is 9.98. The van der Waals surface area contributed by atoms with Crippen LogP contribution in [0.15, 0.2) is 46.5 Å². The van der Waals surface area contributed by atoms with Gasteiger partial charge in [0, 0.05) is 17.8 Å². The lowest BCUT2D eigenvalue weighted by Gasteiger charge is -2.16. The summed E-state index contributed by atoms with van der Waals surface area (Å²) in [6.45, 7) is 4.54. The van der Waals surface area contributed by atoms with Crippen LogP contribution in [0.2, 0.25) is 0 Å². The van der Waals surface area contributed by atoms with Gasteiger partial charge in [0.1, 0.15) is 16.1 Å². The number of aliphatic hydroxyl groups is 1. The second-order valence-electron chi connectivity index (χ2n) is 17.1. The Kier molecular flexibility index (Phi) is 28.5. The summed E-state index contributed by atoms with van der Waals surface area (Å²) in [7, 11) is 0. The first kappa shape index (κ1) is 53.1. The van der Waals surface area contributed by atoms with E-state index in [0.29, 0.717) is 15.8 Å². The van der Waals surface area contributed by atoms with E-state index in [0.717, 1.165) is 37.2 Å². The maximum Gasteiger partial charge on any atom is 0.243 e. The van der Waals surface area contributed by atoms with E-state index >= 15 is 0 Å². The zero-order chi connectivity index (χ0) is 44.6. The number of allylic oxidation sites excluding steroid dienone is 1. The number of rotatable bonds is 34. The summed E-state index contributed by atoms with van der Waals surface area (Å²) in [5.41, 5.74) is 0.754. The normalized spacial score (nSPS) is 12.5. The number of aromatic nitrogens is 2. The maximum atomic E-state index is 12.3. The molecule has 4 N–H and O–H groups in total. The quantitative estimate of drug-likeness (QED) is 0.0151. The van der Waals surface area contributed by atoms with Crippen molar-refractivity contribution in [2.75, 3.05) is 11.5 Å². The molecular formula is C52H80N2O6S2. The van der Waals surface area contributed by atoms with Crippen LogP contribution in [0.1, 0.15) is 223 Å². The van der Waals surface area contributed by atoms with Crippen LogP contribution >= 0.6 is 23.5 Å². The summed E-state index contributed by atoms with van der Waals surface area (Å²) in [5.74, 6) is -0.286. The average Bonchev–Trinajstić information content (AvgIpc) is 3.29. The Morgan fingerprint density at radius 3 is 1.32 bits per heavy atom. The third kappa shape index (κ3) is 19.7. The van der Waals surface area contributed by atoms with Crippen LogP contribution in [0, 0.1) is 0 Å². The molecule has 3 aromatic rings. The molecule has 0 saturated heterocycles. The molecule has 1 aromatic carbocycles. The first-order valence-electron chi connectivity index (χ1n) is 24.6. The van der Waals surface area contributed by atoms with Crippen molar-refractivity contribution in [2.45, 2.75) is 211 Å². The van der Waals surface area contributed by atoms with Gasteiger partial charge < -0.3 is 20.4 Å². The average molecular weight is 893 g/mol. The molecule has 8 nitrogen and oxygen atoms in total. The second kappa shape index (κ2) is 33.3. The lowest BCUT2D eigenvalue weighted by Crippen LogP contribution is -2.23. The number of thioether (sulfide) groups is 2. The van der Waals surface area contributed by atoms with Crippen molar-refractivity contribution in [3.05, 3.63) is 52.8 Å². The summed E-state index contributed by atoms with van der Waals surface area (Å²) in [6.07, 6.45) is 42.8. The van der Waals surface area contributed by atoms with Crippen LogP contribution in [-0.2, 0) is 4.79 Å². The highest BCUT2D eigenvalue weighted by atomic mass is 32.2. The van der Waals surface area contributed by atoms with Gasteiger partial charge >= 0.3 is 0 Å². The zero-order valence-corrected chi connectivity index (χ0v) is 40.0. The van der Waals surface area contributed by atoms with Gasteiger partial charge in [0.15, 0.2) is 23.0 Å². The number of phenols is 3. The van der Waals surface area contributed by atoms with E-state index < -0.39 is 11.6 Å². The molecule has 0 spiro atoms. The van der Waals surface area contributed by atoms with Crippen molar-refractivity contribution in [3.63, 3.8) is 0 Å². The van der Waals surface area contributed by atoms with Crippen molar-refractivity contribution < 1.29 is 30.0 Å². The smallest absolute Gasteiger partial charge is 0.243 e. The molecule has 0 unspecified atom stereocenters. The first-order valence-corrected chi connectivity index (χ1v) is 26.5. The number of hydrogen-bond donors (Lipinski definition) is 4. The number of aromatic hydroxyl groups is 3. The highest BCUT2D eigenvalue weighted by Gasteiger charge is 2.33. The van der Waals surface area contributed by atoms with Crippen LogP contribution < -0.4 is 0 Å². The molecule has 0 aliphatic heterocycles. The van der Waals surface area contributed by atoms with Gasteiger partial charge in [-0.15, -0.1) is 23.5 Å². The molecule has 2 heterocycles. The Labute approximate surface area is 383 Å². The number of Topliss-reactive ketones (excluding diaryl/α,β-unsaturated/α-hetero) is 2. The Bertz CT molecular complexity index is 1750. The van der Waals surface area contributed by atoms with E-state index in [4.69, 9.17) is 0 Å². The fraction of sp³-hybridized carbons (Fsp3) is 0.654. The fourth-order valence-corrected chi connectivity index (χ4v) is 10.1. The SMILES string of the molecule is CCCCCCCCCCCCCCCCCSC1=C(O)c2ncccc2C(=O)C1=O.CCCCCCCCCCCCCCCCCSc1c(O)c(O)c2cccnc2c1O. The predicted molar refractivity (Wildman–Crippen MR) is 263 cm³/mol. The number of nitrogens with zero attached hydrogens (tertiary/aromatic N) is 2. The van der Waals surface area contributed by atoms with E-state index in [2.05, 4.69) is 23.8 Å². The zero-order valence-electron chi connectivity index (χ0n) is 38.4. The molecule has 1 aliphatic carbocycles. The number of hydrogen-bond acceptors (Lipinski definition) is 10. The number of phenolic OH excluding ortho intramolecular Hbond substituents is 3. The van der Waals surface area contributed by atoms with Gasteiger partial charge in [-0.25, -0.2) is 0 Å². The van der Waals surface area contributed by atoms with Crippen molar-refractivity contribution in [1.29, 1.82) is 0 Å². The van der Waals surface area contributed by atoms with Gasteiger partial charge in [-0.1, -0.05) is 194 Å². The largest absolute Gasteiger partial charge is 0.504 e. The summed E-state index contributed by atoms with van der Waals surface area (Å²) < 4.78 is 0. The number of benzene rings is 1. The van der Waals surface area contributed by atoms with Gasteiger partial charge in [0.2, 0.25) is 11.6 Å². The Morgan fingerprint density at radius 1 is 0.452 bits per heavy atom. The lowest BCUT2D eigenvalue weighted by molar-refractivity contribution is -0.111. The minimum Gasteiger partial charge on any atom is -0.504 e. The van der Waals surface area contributed by atoms with Gasteiger partial charge in [0.25, 0.3) is 0 Å². The molecule has 62 heavy (non-hydrogen) atoms. The maximum absolute atomic E-state index is 12.3. The van der Waals surface area contributed by atoms with Gasteiger partial charge in [-0.05, 0) is 48.6 Å². The summed E-state index contributed by atoms with van der Waals surface area (Å²) in [5, 5.41) is 41.6. The van der Waals surface area contributed by atoms with Crippen LogP contribution in [0.5, 0.6) is 17.2 Å². The van der Waals surface area contributed by atoms with Crippen molar-refractivity contribution in [2.24, 2.45) is 0 Å². The highest BCUT2D eigenvalue weighted by Crippen LogP contribution is 2.48. The predicted octanol–water partition coefficient (Wildman–Crippen LogP) is 16.0. The number of unbranched alkanes of at least 4 members (excludes halogenated alkanes) is 28. The number of aliphatic hydroxyl groups excluding tert-OH is 1. The molecule has 4 rings (SSSR count). The molecule has 2 aromatic heterocycles. The summed E-state index contributed by atoms with van der Waals surface area (Å²) in [6, 6.07) is 6.45. The molecule has 0 amide bonds. The third-order valence-corrected chi connectivity index (χ3v) is 14.2. The fourth-order valence-electron chi connectivity index (χ4n) is 8.02. The standard InChI is InChI=1S/C26H41NO3S.C26H39NO3S/c2*1-2-3-4-5-6-7-8-9-10-11-12-13-14-15-16-20-31-26-24(29)22-21(18-17-19-27-22)23(28)25(26)30/h17-19,28-30H,2-16,20H2,1H3;17-19,29H,2-16,20H2,1H3. The van der Waals surface area contributed by atoms with Crippen LogP contribution in [-0.4, -0.2) is 53.5 Å². The van der Waals surface area contributed by atoms with Crippen LogP contribution in [0.25, 0.3) is 16.7 Å². The topological polar surface area (TPSA) is 141 Å². The number of carbonyl (C=O) groups excluding carboxylic acids is 2. The molecule has 0 bridgehead atoms. The molecule has 0 fully saturated rings. The minimum atomic E-state index is -0.607. The van der Waals surface area contributed by atoms with E-state index in [1.165, 1.54) is 203 Å². The number of pyridine rings is 2. The Balaban J connectivity index is 0.000000330. The highest BCUT2D eigenvalue weighted by molar-refractivity contribution is 8.04. The van der Waals surface area contributed by atoms with E-state index in [9.17, 15) is 30.0 Å². The van der Waals surface area contributed by atoms with Gasteiger partial charge in [0.05, 0.1) is 10.5 Å². The van der Waals surface area contributed by atoms with Crippen LogP contribution in [0.4, 0.5) is 0 Å². The second-order valence-corrected chi connectivity index (χ2v) is 19.3. The summed E-state index contributed by atoms with van der Waals surface area (Å²) in [4.78, 5) is 33.2. The molecule has 346 valence electrons. The third-order valence-electron chi connectivity index (χ3n) is 11.8. The molecule has 1 aliphatic rings. The van der Waals surface area contributed by atoms with E-state index in [1.807, 2.05) is 0 Å². The number of ketones is 2. The van der Waals surface area contributed by atoms with Crippen molar-refractivity contribution >= 4 is 51.8 Å². The monoisotopic (exact) mass is 893 g/mol. The Hall–Kier alpha value is -3.24.